The second-order valence-electron chi connectivity index (χ2n) is 9.93. The molecular weight excluding hydrogens is 522 g/mol. The molecule has 0 spiro atoms. The topological polar surface area (TPSA) is 93.6 Å². The first-order valence-corrected chi connectivity index (χ1v) is 13.5. The minimum Gasteiger partial charge on any atom is -0.491 e. The molecule has 196 valence electrons. The Hall–Kier alpha value is -3.46. The van der Waals surface area contributed by atoms with E-state index in [9.17, 15) is 9.90 Å². The number of halogens is 1. The highest BCUT2D eigenvalue weighted by Crippen LogP contribution is 2.39. The summed E-state index contributed by atoms with van der Waals surface area (Å²) in [7, 11) is 0. The maximum atomic E-state index is 12.8. The Labute approximate surface area is 230 Å². The van der Waals surface area contributed by atoms with E-state index in [2.05, 4.69) is 10.3 Å². The van der Waals surface area contributed by atoms with Crippen molar-refractivity contribution in [2.45, 2.75) is 45.6 Å². The van der Waals surface area contributed by atoms with Crippen LogP contribution in [0, 0.1) is 6.92 Å². The van der Waals surface area contributed by atoms with Crippen LogP contribution in [-0.2, 0) is 24.1 Å². The number of pyridine rings is 1. The van der Waals surface area contributed by atoms with Crippen molar-refractivity contribution < 1.29 is 19.4 Å². The molecule has 0 unspecified atom stereocenters. The van der Waals surface area contributed by atoms with E-state index in [4.69, 9.17) is 26.1 Å². The number of aryl methyl sites for hydroxylation is 3. The van der Waals surface area contributed by atoms with Crippen LogP contribution in [-0.4, -0.2) is 33.2 Å². The van der Waals surface area contributed by atoms with E-state index in [1.807, 2.05) is 43.3 Å². The average molecular weight is 550 g/mol. The number of nitrogens with one attached hydrogen (secondary N) is 1. The van der Waals surface area contributed by atoms with Crippen molar-refractivity contribution in [2.24, 2.45) is 0 Å². The Morgan fingerprint density at radius 2 is 2.03 bits per heavy atom. The van der Waals surface area contributed by atoms with Crippen LogP contribution >= 0.6 is 22.9 Å². The van der Waals surface area contributed by atoms with Gasteiger partial charge in [0.25, 0.3) is 0 Å². The molecule has 9 heteroatoms. The number of aromatic nitrogens is 2. The number of fused-ring (bicyclic) bond motifs is 3. The molecule has 4 aromatic rings. The van der Waals surface area contributed by atoms with Gasteiger partial charge in [-0.1, -0.05) is 23.7 Å². The average Bonchev–Trinajstić information content (AvgIpc) is 3.27. The summed E-state index contributed by atoms with van der Waals surface area (Å²) in [6.07, 6.45) is 3.53. The molecule has 7 nitrogen and oxygen atoms in total. The van der Waals surface area contributed by atoms with Crippen LogP contribution in [0.4, 0.5) is 5.13 Å². The predicted molar refractivity (Wildman–Crippen MR) is 150 cm³/mol. The number of hydrogen-bond acceptors (Lipinski definition) is 7. The third-order valence-corrected chi connectivity index (χ3v) is 7.34. The number of anilines is 1. The van der Waals surface area contributed by atoms with E-state index in [-0.39, 0.29) is 18.9 Å². The zero-order valence-corrected chi connectivity index (χ0v) is 22.9. The summed E-state index contributed by atoms with van der Waals surface area (Å²) in [5, 5.41) is 13.8. The van der Waals surface area contributed by atoms with Crippen molar-refractivity contribution in [1.29, 1.82) is 0 Å². The molecule has 0 radical (unpaired) electrons. The van der Waals surface area contributed by atoms with Gasteiger partial charge in [0, 0.05) is 22.2 Å². The van der Waals surface area contributed by atoms with Gasteiger partial charge in [-0.2, -0.15) is 0 Å². The third-order valence-electron chi connectivity index (χ3n) is 6.02. The van der Waals surface area contributed by atoms with Crippen molar-refractivity contribution in [3.8, 4) is 28.6 Å². The lowest BCUT2D eigenvalue weighted by molar-refractivity contribution is -0.115. The largest absolute Gasteiger partial charge is 0.491 e. The van der Waals surface area contributed by atoms with Crippen LogP contribution in [0.5, 0.6) is 17.4 Å². The minimum absolute atomic E-state index is 0.158. The van der Waals surface area contributed by atoms with Crippen LogP contribution in [0.15, 0.2) is 54.7 Å². The molecule has 1 amide bonds. The number of aliphatic hydroxyl groups is 1. The lowest BCUT2D eigenvalue weighted by atomic mass is 9.93. The second kappa shape index (κ2) is 10.7. The van der Waals surface area contributed by atoms with E-state index in [0.29, 0.717) is 21.8 Å². The molecule has 2 aromatic carbocycles. The summed E-state index contributed by atoms with van der Waals surface area (Å²) in [5.74, 6) is 1.53. The van der Waals surface area contributed by atoms with Crippen LogP contribution in [0.1, 0.15) is 35.4 Å². The van der Waals surface area contributed by atoms with Gasteiger partial charge in [0.2, 0.25) is 11.8 Å². The van der Waals surface area contributed by atoms with Gasteiger partial charge in [0.1, 0.15) is 18.1 Å². The fourth-order valence-corrected chi connectivity index (χ4v) is 5.39. The predicted octanol–water partition coefficient (Wildman–Crippen LogP) is 6.39. The van der Waals surface area contributed by atoms with Gasteiger partial charge in [-0.05, 0) is 81.1 Å². The summed E-state index contributed by atoms with van der Waals surface area (Å²) >= 11 is 7.93. The van der Waals surface area contributed by atoms with Gasteiger partial charge in [-0.15, -0.1) is 11.3 Å². The Morgan fingerprint density at radius 1 is 1.18 bits per heavy atom. The minimum atomic E-state index is -0.898. The number of hydrogen-bond donors (Lipinski definition) is 2. The van der Waals surface area contributed by atoms with Crippen molar-refractivity contribution in [3.05, 3.63) is 81.3 Å². The lowest BCUT2D eigenvalue weighted by Gasteiger charge is -2.20. The maximum absolute atomic E-state index is 12.8. The van der Waals surface area contributed by atoms with Gasteiger partial charge < -0.3 is 19.9 Å². The number of amides is 1. The molecule has 1 aliphatic rings. The molecule has 2 aromatic heterocycles. The molecular formula is C29H28ClN3O4S. The molecule has 5 rings (SSSR count). The molecule has 2 heterocycles. The fraction of sp³-hybridized carbons (Fsp3) is 0.276. The molecule has 0 saturated carbocycles. The summed E-state index contributed by atoms with van der Waals surface area (Å²) in [4.78, 5) is 22.9. The number of benzene rings is 2. The first-order valence-electron chi connectivity index (χ1n) is 12.3. The van der Waals surface area contributed by atoms with Gasteiger partial charge in [-0.3, -0.25) is 4.79 Å². The van der Waals surface area contributed by atoms with E-state index >= 15 is 0 Å². The molecule has 0 saturated heterocycles. The molecule has 0 atom stereocenters. The number of nitrogens with zero attached hydrogens (tertiary/aromatic N) is 2. The lowest BCUT2D eigenvalue weighted by Crippen LogP contribution is -2.27. The summed E-state index contributed by atoms with van der Waals surface area (Å²) in [6, 6.07) is 14.9. The zero-order chi connectivity index (χ0) is 26.9. The van der Waals surface area contributed by atoms with Crippen LogP contribution in [0.3, 0.4) is 0 Å². The normalized spacial score (nSPS) is 12.4. The van der Waals surface area contributed by atoms with Crippen molar-refractivity contribution in [3.63, 3.8) is 0 Å². The molecule has 0 aliphatic heterocycles. The van der Waals surface area contributed by atoms with Crippen LogP contribution in [0.25, 0.3) is 11.3 Å². The number of carbonyl (C=O) groups is 1. The molecule has 38 heavy (non-hydrogen) atoms. The third kappa shape index (κ3) is 6.15. The second-order valence-corrected chi connectivity index (χ2v) is 11.4. The number of carbonyl (C=O) groups excluding carboxylic acids is 1. The van der Waals surface area contributed by atoms with Crippen LogP contribution in [0.2, 0.25) is 5.02 Å². The quantitative estimate of drug-likeness (QED) is 0.264. The van der Waals surface area contributed by atoms with E-state index in [1.54, 1.807) is 32.2 Å². The molecule has 2 N–H and O–H groups in total. The SMILES string of the molecule is Cc1cccnc1Oc1ccc(CC(=O)Nc2nc3c(s2)CCc2cc(OCC(C)(C)O)ccc2-3)cc1Cl. The molecule has 0 fully saturated rings. The number of rotatable bonds is 8. The van der Waals surface area contributed by atoms with Crippen molar-refractivity contribution >= 4 is 34.0 Å². The monoisotopic (exact) mass is 549 g/mol. The summed E-state index contributed by atoms with van der Waals surface area (Å²) in [5.41, 5.74) is 3.86. The standard InChI is InChI=1S/C29H28ClN3O4S/c1-17-5-4-12-31-27(17)37-23-10-6-18(13-22(23)30)14-25(34)32-28-33-26-21-9-8-20(36-16-29(2,3)35)15-19(21)7-11-24(26)38-28/h4-6,8-10,12-13,15,35H,7,11,14,16H2,1-3H3,(H,32,33,34). The Bertz CT molecular complexity index is 1500. The first-order chi connectivity index (χ1) is 18.1. The molecule has 1 aliphatic carbocycles. The smallest absolute Gasteiger partial charge is 0.230 e. The van der Waals surface area contributed by atoms with Crippen molar-refractivity contribution in [1.82, 2.24) is 9.97 Å². The van der Waals surface area contributed by atoms with Gasteiger partial charge in [-0.25, -0.2) is 9.97 Å². The van der Waals surface area contributed by atoms with Gasteiger partial charge >= 0.3 is 0 Å². The van der Waals surface area contributed by atoms with E-state index in [0.717, 1.165) is 51.4 Å². The highest BCUT2D eigenvalue weighted by atomic mass is 35.5. The maximum Gasteiger partial charge on any atom is 0.230 e. The summed E-state index contributed by atoms with van der Waals surface area (Å²) in [6.45, 7) is 5.56. The first kappa shape index (κ1) is 26.2. The summed E-state index contributed by atoms with van der Waals surface area (Å²) < 4.78 is 11.6. The highest BCUT2D eigenvalue weighted by molar-refractivity contribution is 7.16. The van der Waals surface area contributed by atoms with Gasteiger partial charge in [0.05, 0.1) is 22.7 Å². The van der Waals surface area contributed by atoms with Crippen LogP contribution < -0.4 is 14.8 Å². The fourth-order valence-electron chi connectivity index (χ4n) is 4.16. The van der Waals surface area contributed by atoms with E-state index < -0.39 is 5.60 Å². The molecule has 0 bridgehead atoms. The Kier molecular flexibility index (Phi) is 7.38. The number of ether oxygens (including phenoxy) is 2. The highest BCUT2D eigenvalue weighted by Gasteiger charge is 2.23. The number of thiazole rings is 1. The van der Waals surface area contributed by atoms with E-state index in [1.165, 1.54) is 11.3 Å². The van der Waals surface area contributed by atoms with Crippen molar-refractivity contribution in [2.75, 3.05) is 11.9 Å². The zero-order valence-electron chi connectivity index (χ0n) is 21.4. The Morgan fingerprint density at radius 3 is 2.79 bits per heavy atom. The van der Waals surface area contributed by atoms with Gasteiger partial charge in [0.15, 0.2) is 5.13 Å². The Balaban J connectivity index is 1.24.